The zero-order chi connectivity index (χ0) is 8.15. The molecule has 56 valence electrons. The fourth-order valence-corrected chi connectivity index (χ4v) is 0.380. The SMILES string of the molecule is C=C(NC)N(C)C(=O)C=O. The number of hydrogen-bond acceptors (Lipinski definition) is 3. The number of hydrogen-bond donors (Lipinski definition) is 1. The van der Waals surface area contributed by atoms with Crippen molar-refractivity contribution in [2.24, 2.45) is 0 Å². The lowest BCUT2D eigenvalue weighted by molar-refractivity contribution is -0.136. The van der Waals surface area contributed by atoms with Gasteiger partial charge in [0.1, 0.15) is 5.82 Å². The van der Waals surface area contributed by atoms with Gasteiger partial charge < -0.3 is 5.32 Å². The number of nitrogens with zero attached hydrogens (tertiary/aromatic N) is 1. The second kappa shape index (κ2) is 3.66. The normalized spacial score (nSPS) is 8.20. The molecule has 4 heteroatoms. The number of aldehydes is 1. The van der Waals surface area contributed by atoms with Gasteiger partial charge in [-0.15, -0.1) is 0 Å². The zero-order valence-corrected chi connectivity index (χ0v) is 6.05. The van der Waals surface area contributed by atoms with E-state index in [1.165, 1.54) is 7.05 Å². The maximum atomic E-state index is 10.6. The molecule has 0 aliphatic carbocycles. The van der Waals surface area contributed by atoms with Crippen molar-refractivity contribution in [1.82, 2.24) is 10.2 Å². The van der Waals surface area contributed by atoms with Crippen LogP contribution in [-0.2, 0) is 9.59 Å². The molecule has 1 N–H and O–H groups in total. The summed E-state index contributed by atoms with van der Waals surface area (Å²) in [6.45, 7) is 3.48. The fourth-order valence-electron chi connectivity index (χ4n) is 0.380. The number of likely N-dealkylation sites (N-methyl/N-ethyl adjacent to an activating group) is 1. The first kappa shape index (κ1) is 8.68. The molecule has 10 heavy (non-hydrogen) atoms. The van der Waals surface area contributed by atoms with Gasteiger partial charge in [-0.25, -0.2) is 0 Å². The average Bonchev–Trinajstić information content (AvgIpc) is 2.00. The Bertz CT molecular complexity index is 165. The first-order chi connectivity index (χ1) is 4.63. The van der Waals surface area contributed by atoms with Crippen LogP contribution in [0, 0.1) is 0 Å². The Labute approximate surface area is 59.5 Å². The highest BCUT2D eigenvalue weighted by atomic mass is 16.2. The van der Waals surface area contributed by atoms with Crippen molar-refractivity contribution in [2.75, 3.05) is 14.1 Å². The lowest BCUT2D eigenvalue weighted by atomic mass is 10.5. The molecule has 0 saturated carbocycles. The molecule has 0 bridgehead atoms. The molecule has 0 fully saturated rings. The molecule has 0 heterocycles. The minimum atomic E-state index is -0.612. The lowest BCUT2D eigenvalue weighted by Gasteiger charge is -2.15. The Morgan fingerprint density at radius 1 is 1.70 bits per heavy atom. The van der Waals surface area contributed by atoms with Crippen molar-refractivity contribution in [3.8, 4) is 0 Å². The summed E-state index contributed by atoms with van der Waals surface area (Å²) in [7, 11) is 3.09. The molecule has 0 rings (SSSR count). The van der Waals surface area contributed by atoms with Crippen molar-refractivity contribution >= 4 is 12.2 Å². The van der Waals surface area contributed by atoms with E-state index >= 15 is 0 Å². The van der Waals surface area contributed by atoms with Gasteiger partial charge in [0.2, 0.25) is 6.29 Å². The first-order valence-electron chi connectivity index (χ1n) is 2.73. The zero-order valence-electron chi connectivity index (χ0n) is 6.05. The lowest BCUT2D eigenvalue weighted by Crippen LogP contribution is -2.31. The van der Waals surface area contributed by atoms with Crippen LogP contribution in [0.1, 0.15) is 0 Å². The van der Waals surface area contributed by atoms with Gasteiger partial charge in [-0.3, -0.25) is 14.5 Å². The van der Waals surface area contributed by atoms with Crippen LogP contribution in [0.3, 0.4) is 0 Å². The first-order valence-corrected chi connectivity index (χ1v) is 2.73. The van der Waals surface area contributed by atoms with E-state index in [0.29, 0.717) is 5.82 Å². The van der Waals surface area contributed by atoms with E-state index < -0.39 is 5.91 Å². The number of amides is 1. The van der Waals surface area contributed by atoms with Gasteiger partial charge in [-0.05, 0) is 0 Å². The summed E-state index contributed by atoms with van der Waals surface area (Å²) < 4.78 is 0. The standard InChI is InChI=1S/C6H10N2O2/c1-5(7-2)8(3)6(10)4-9/h4,7H,1H2,2-3H3. The van der Waals surface area contributed by atoms with Crippen LogP contribution in [0.25, 0.3) is 0 Å². The molecule has 0 unspecified atom stereocenters. The third-order valence-electron chi connectivity index (χ3n) is 1.12. The van der Waals surface area contributed by atoms with Gasteiger partial charge in [0.05, 0.1) is 0 Å². The van der Waals surface area contributed by atoms with Crippen molar-refractivity contribution in [1.29, 1.82) is 0 Å². The van der Waals surface area contributed by atoms with Crippen molar-refractivity contribution < 1.29 is 9.59 Å². The third-order valence-corrected chi connectivity index (χ3v) is 1.12. The van der Waals surface area contributed by atoms with Gasteiger partial charge in [0.25, 0.3) is 5.91 Å². The third kappa shape index (κ3) is 1.89. The second-order valence-corrected chi connectivity index (χ2v) is 1.71. The van der Waals surface area contributed by atoms with Gasteiger partial charge in [-0.1, -0.05) is 6.58 Å². The Morgan fingerprint density at radius 2 is 2.20 bits per heavy atom. The number of carbonyl (C=O) groups excluding carboxylic acids is 2. The molecular weight excluding hydrogens is 132 g/mol. The quantitative estimate of drug-likeness (QED) is 0.420. The number of carbonyl (C=O) groups is 2. The number of rotatable bonds is 3. The van der Waals surface area contributed by atoms with Crippen molar-refractivity contribution in [3.63, 3.8) is 0 Å². The topological polar surface area (TPSA) is 49.4 Å². The molecule has 0 aromatic heterocycles. The molecule has 0 saturated heterocycles. The van der Waals surface area contributed by atoms with Gasteiger partial charge >= 0.3 is 0 Å². The van der Waals surface area contributed by atoms with E-state index in [1.54, 1.807) is 7.05 Å². The van der Waals surface area contributed by atoms with E-state index in [9.17, 15) is 9.59 Å². The smallest absolute Gasteiger partial charge is 0.291 e. The summed E-state index contributed by atoms with van der Waals surface area (Å²) in [5, 5.41) is 2.63. The molecule has 0 radical (unpaired) electrons. The van der Waals surface area contributed by atoms with E-state index in [0.717, 1.165) is 4.90 Å². The summed E-state index contributed by atoms with van der Waals surface area (Å²) in [6, 6.07) is 0. The highest BCUT2D eigenvalue weighted by molar-refractivity contribution is 6.23. The highest BCUT2D eigenvalue weighted by Gasteiger charge is 2.07. The van der Waals surface area contributed by atoms with Crippen LogP contribution in [0.4, 0.5) is 0 Å². The molecule has 0 spiro atoms. The van der Waals surface area contributed by atoms with Crippen LogP contribution in [0.15, 0.2) is 12.4 Å². The molecule has 4 nitrogen and oxygen atoms in total. The molecule has 0 atom stereocenters. The van der Waals surface area contributed by atoms with Crippen LogP contribution >= 0.6 is 0 Å². The fraction of sp³-hybridized carbons (Fsp3) is 0.333. The van der Waals surface area contributed by atoms with E-state index in [1.807, 2.05) is 0 Å². The second-order valence-electron chi connectivity index (χ2n) is 1.71. The Kier molecular flexibility index (Phi) is 3.17. The maximum Gasteiger partial charge on any atom is 0.291 e. The molecule has 0 aromatic rings. The largest absolute Gasteiger partial charge is 0.375 e. The summed E-state index contributed by atoms with van der Waals surface area (Å²) in [6.07, 6.45) is 0.239. The summed E-state index contributed by atoms with van der Waals surface area (Å²) in [5.74, 6) is -0.212. The minimum Gasteiger partial charge on any atom is -0.375 e. The predicted molar refractivity (Wildman–Crippen MR) is 37.0 cm³/mol. The number of nitrogens with one attached hydrogen (secondary N) is 1. The molecule has 0 aromatic carbocycles. The Balaban J connectivity index is 4.06. The summed E-state index contributed by atoms with van der Waals surface area (Å²) in [4.78, 5) is 21.6. The van der Waals surface area contributed by atoms with E-state index in [-0.39, 0.29) is 6.29 Å². The predicted octanol–water partition coefficient (Wildman–Crippen LogP) is -0.666. The van der Waals surface area contributed by atoms with Gasteiger partial charge in [-0.2, -0.15) is 0 Å². The van der Waals surface area contributed by atoms with Crippen molar-refractivity contribution in [2.45, 2.75) is 0 Å². The van der Waals surface area contributed by atoms with Gasteiger partial charge in [0, 0.05) is 14.1 Å². The maximum absolute atomic E-state index is 10.6. The highest BCUT2D eigenvalue weighted by Crippen LogP contribution is 1.90. The summed E-state index contributed by atoms with van der Waals surface area (Å²) in [5.41, 5.74) is 0. The van der Waals surface area contributed by atoms with Gasteiger partial charge in [0.15, 0.2) is 0 Å². The monoisotopic (exact) mass is 142 g/mol. The Hall–Kier alpha value is -1.32. The summed E-state index contributed by atoms with van der Waals surface area (Å²) >= 11 is 0. The Morgan fingerprint density at radius 3 is 2.50 bits per heavy atom. The van der Waals surface area contributed by atoms with Crippen LogP contribution in [0.2, 0.25) is 0 Å². The molecule has 0 aliphatic rings. The average molecular weight is 142 g/mol. The molecular formula is C6H10N2O2. The molecule has 1 amide bonds. The minimum absolute atomic E-state index is 0.239. The molecule has 0 aliphatic heterocycles. The van der Waals surface area contributed by atoms with E-state index in [2.05, 4.69) is 11.9 Å². The van der Waals surface area contributed by atoms with E-state index in [4.69, 9.17) is 0 Å². The van der Waals surface area contributed by atoms with Crippen LogP contribution in [-0.4, -0.2) is 31.2 Å². The van der Waals surface area contributed by atoms with Crippen LogP contribution < -0.4 is 5.32 Å². The van der Waals surface area contributed by atoms with Crippen LogP contribution in [0.5, 0.6) is 0 Å². The van der Waals surface area contributed by atoms with Crippen molar-refractivity contribution in [3.05, 3.63) is 12.4 Å².